The molecule has 4 aromatic heterocycles. The van der Waals surface area contributed by atoms with E-state index in [1.807, 2.05) is 4.90 Å². The van der Waals surface area contributed by atoms with Crippen LogP contribution in [-0.2, 0) is 16.6 Å². The molecule has 15 heteroatoms. The van der Waals surface area contributed by atoms with Crippen molar-refractivity contribution in [2.75, 3.05) is 43.6 Å². The minimum Gasteiger partial charge on any atom is -0.477 e. The van der Waals surface area contributed by atoms with Crippen LogP contribution in [0.15, 0.2) is 29.5 Å². The Kier molecular flexibility index (Phi) is 6.77. The average Bonchev–Trinajstić information content (AvgIpc) is 3.48. The number of hydrogen-bond acceptors (Lipinski definition) is 11. The molecule has 1 saturated heterocycles. The fourth-order valence-electron chi connectivity index (χ4n) is 4.15. The van der Waals surface area contributed by atoms with E-state index in [0.717, 1.165) is 11.5 Å². The molecule has 5 heterocycles. The molecule has 14 nitrogen and oxygen atoms in total. The molecule has 0 spiro atoms. The Hall–Kier alpha value is -4.37. The molecule has 0 aromatic carbocycles. The van der Waals surface area contributed by atoms with Crippen molar-refractivity contribution in [1.29, 1.82) is 0 Å². The standard InChI is InChI=1S/C23H24N8O6S/c1-12-6-16(27-20-18(12)19(32)14(22(34)35)10-31(20)23-24-11-25-38-23)30-8-13(9-30)21(33)26-15-7-17(29(2)28-15)37-5-4-36-3/h6-7,10-11,13H,4-5,8-9H2,1-3H3,(H,34,35)(H,26,28,33). The van der Waals surface area contributed by atoms with Gasteiger partial charge in [-0.25, -0.2) is 19.4 Å². The third kappa shape index (κ3) is 4.68. The number of aromatic carboxylic acids is 1. The van der Waals surface area contributed by atoms with Crippen LogP contribution in [0.5, 0.6) is 5.88 Å². The Morgan fingerprint density at radius 3 is 2.74 bits per heavy atom. The molecule has 0 aliphatic carbocycles. The highest BCUT2D eigenvalue weighted by Gasteiger charge is 2.34. The summed E-state index contributed by atoms with van der Waals surface area (Å²) < 4.78 is 17.5. The fraction of sp³-hybridized carbons (Fsp3) is 0.348. The Balaban J connectivity index is 1.35. The topological polar surface area (TPSA) is 167 Å². The molecular weight excluding hydrogens is 516 g/mol. The first kappa shape index (κ1) is 25.3. The summed E-state index contributed by atoms with van der Waals surface area (Å²) in [5.74, 6) is -0.359. The van der Waals surface area contributed by atoms with E-state index in [1.54, 1.807) is 33.2 Å². The normalized spacial score (nSPS) is 13.5. The first-order chi connectivity index (χ1) is 18.3. The molecule has 1 aliphatic rings. The van der Waals surface area contributed by atoms with Crippen LogP contribution in [0.2, 0.25) is 0 Å². The highest BCUT2D eigenvalue weighted by atomic mass is 32.1. The number of carbonyl (C=O) groups excluding carboxylic acids is 1. The quantitative estimate of drug-likeness (QED) is 0.292. The second-order valence-corrected chi connectivity index (χ2v) is 9.45. The van der Waals surface area contributed by atoms with Gasteiger partial charge in [-0.15, -0.1) is 0 Å². The minimum atomic E-state index is -1.34. The number of carbonyl (C=O) groups is 2. The molecule has 198 valence electrons. The first-order valence-electron chi connectivity index (χ1n) is 11.6. The summed E-state index contributed by atoms with van der Waals surface area (Å²) >= 11 is 1.05. The van der Waals surface area contributed by atoms with Gasteiger partial charge < -0.3 is 24.8 Å². The number of hydrogen-bond donors (Lipinski definition) is 2. The van der Waals surface area contributed by atoms with Gasteiger partial charge in [0.05, 0.1) is 17.9 Å². The van der Waals surface area contributed by atoms with E-state index in [0.29, 0.717) is 54.5 Å². The van der Waals surface area contributed by atoms with E-state index >= 15 is 0 Å². The van der Waals surface area contributed by atoms with Gasteiger partial charge >= 0.3 is 5.97 Å². The van der Waals surface area contributed by atoms with Crippen molar-refractivity contribution >= 4 is 46.1 Å². The lowest BCUT2D eigenvalue weighted by Crippen LogP contribution is -2.52. The monoisotopic (exact) mass is 540 g/mol. The zero-order valence-corrected chi connectivity index (χ0v) is 21.6. The smallest absolute Gasteiger partial charge is 0.341 e. The second-order valence-electron chi connectivity index (χ2n) is 8.69. The second kappa shape index (κ2) is 10.2. The van der Waals surface area contributed by atoms with E-state index < -0.39 is 11.4 Å². The predicted octanol–water partition coefficient (Wildman–Crippen LogP) is 1.08. The third-order valence-corrected chi connectivity index (χ3v) is 6.80. The highest BCUT2D eigenvalue weighted by Crippen LogP contribution is 2.29. The van der Waals surface area contributed by atoms with E-state index in [-0.39, 0.29) is 28.4 Å². The molecule has 0 saturated carbocycles. The molecule has 0 unspecified atom stereocenters. The number of methoxy groups -OCH3 is 1. The van der Waals surface area contributed by atoms with Crippen LogP contribution in [-0.4, -0.2) is 79.1 Å². The summed E-state index contributed by atoms with van der Waals surface area (Å²) in [7, 11) is 3.30. The number of aromatic nitrogens is 6. The van der Waals surface area contributed by atoms with Crippen LogP contribution in [0.25, 0.3) is 16.2 Å². The molecule has 1 aliphatic heterocycles. The van der Waals surface area contributed by atoms with Crippen molar-refractivity contribution in [3.8, 4) is 11.0 Å². The van der Waals surface area contributed by atoms with Crippen molar-refractivity contribution in [3.63, 3.8) is 0 Å². The van der Waals surface area contributed by atoms with E-state index in [4.69, 9.17) is 9.47 Å². The maximum Gasteiger partial charge on any atom is 0.341 e. The summed E-state index contributed by atoms with van der Waals surface area (Å²) in [6.07, 6.45) is 2.56. The molecule has 0 bridgehead atoms. The maximum atomic E-state index is 12.9. The van der Waals surface area contributed by atoms with Gasteiger partial charge in [-0.1, -0.05) is 0 Å². The number of ether oxygens (including phenoxy) is 2. The van der Waals surface area contributed by atoms with Gasteiger partial charge in [0.25, 0.3) is 0 Å². The maximum absolute atomic E-state index is 12.9. The number of aryl methyl sites for hydroxylation is 2. The number of pyridine rings is 2. The SMILES string of the molecule is COCCOc1cc(NC(=O)C2CN(c3cc(C)c4c(=O)c(C(=O)O)cn(-c5ncns5)c4n3)C2)nn1C. The molecule has 0 atom stereocenters. The molecular formula is C23H24N8O6S. The van der Waals surface area contributed by atoms with Crippen molar-refractivity contribution < 1.29 is 24.2 Å². The van der Waals surface area contributed by atoms with Gasteiger partial charge in [-0.2, -0.15) is 9.47 Å². The van der Waals surface area contributed by atoms with E-state index in [1.165, 1.54) is 21.8 Å². The lowest BCUT2D eigenvalue weighted by molar-refractivity contribution is -0.120. The number of carboxylic acid groups (broad SMARTS) is 1. The Morgan fingerprint density at radius 2 is 2.05 bits per heavy atom. The summed E-state index contributed by atoms with van der Waals surface area (Å²) in [4.78, 5) is 48.2. The molecule has 1 amide bonds. The number of nitrogens with one attached hydrogen (secondary N) is 1. The third-order valence-electron chi connectivity index (χ3n) is 6.13. The highest BCUT2D eigenvalue weighted by molar-refractivity contribution is 7.08. The lowest BCUT2D eigenvalue weighted by atomic mass is 9.98. The van der Waals surface area contributed by atoms with Crippen LogP contribution in [0, 0.1) is 12.8 Å². The van der Waals surface area contributed by atoms with Crippen LogP contribution in [0.3, 0.4) is 0 Å². The van der Waals surface area contributed by atoms with Crippen molar-refractivity contribution in [2.24, 2.45) is 13.0 Å². The van der Waals surface area contributed by atoms with Gasteiger partial charge in [0.2, 0.25) is 22.3 Å². The Bertz CT molecular complexity index is 1580. The number of fused-ring (bicyclic) bond motifs is 1. The number of carboxylic acids is 1. The van der Waals surface area contributed by atoms with E-state index in [9.17, 15) is 19.5 Å². The van der Waals surface area contributed by atoms with Crippen LogP contribution < -0.4 is 20.4 Å². The van der Waals surface area contributed by atoms with Crippen molar-refractivity contribution in [3.05, 3.63) is 46.0 Å². The minimum absolute atomic E-state index is 0.183. The molecule has 4 aromatic rings. The zero-order chi connectivity index (χ0) is 27.0. The van der Waals surface area contributed by atoms with Gasteiger partial charge in [0, 0.05) is 51.0 Å². The largest absolute Gasteiger partial charge is 0.477 e. The van der Waals surface area contributed by atoms with E-state index in [2.05, 4.69) is 24.8 Å². The van der Waals surface area contributed by atoms with Crippen LogP contribution >= 0.6 is 11.5 Å². The molecule has 1 fully saturated rings. The Labute approximate surface area is 219 Å². The predicted molar refractivity (Wildman–Crippen MR) is 137 cm³/mol. The van der Waals surface area contributed by atoms with Gasteiger partial charge in [0.1, 0.15) is 24.3 Å². The van der Waals surface area contributed by atoms with Gasteiger partial charge in [-0.3, -0.25) is 14.2 Å². The summed E-state index contributed by atoms with van der Waals surface area (Å²) in [5, 5.41) is 17.2. The molecule has 38 heavy (non-hydrogen) atoms. The summed E-state index contributed by atoms with van der Waals surface area (Å²) in [6.45, 7) is 3.34. The Morgan fingerprint density at radius 1 is 1.26 bits per heavy atom. The van der Waals surface area contributed by atoms with Gasteiger partial charge in [-0.05, 0) is 18.6 Å². The number of rotatable bonds is 9. The van der Waals surface area contributed by atoms with Gasteiger partial charge in [0.15, 0.2) is 11.5 Å². The molecule has 0 radical (unpaired) electrons. The number of nitrogens with zero attached hydrogens (tertiary/aromatic N) is 7. The van der Waals surface area contributed by atoms with Crippen molar-refractivity contribution in [1.82, 2.24) is 28.7 Å². The number of amides is 1. The lowest BCUT2D eigenvalue weighted by Gasteiger charge is -2.39. The average molecular weight is 541 g/mol. The summed E-state index contributed by atoms with van der Waals surface area (Å²) in [5.41, 5.74) is -0.160. The summed E-state index contributed by atoms with van der Waals surface area (Å²) in [6, 6.07) is 3.37. The van der Waals surface area contributed by atoms with Crippen molar-refractivity contribution in [2.45, 2.75) is 6.92 Å². The van der Waals surface area contributed by atoms with Crippen LogP contribution in [0.1, 0.15) is 15.9 Å². The molecule has 2 N–H and O–H groups in total. The zero-order valence-electron chi connectivity index (χ0n) is 20.7. The van der Waals surface area contributed by atoms with Crippen LogP contribution in [0.4, 0.5) is 11.6 Å². The first-order valence-corrected chi connectivity index (χ1v) is 12.3. The molecule has 5 rings (SSSR count). The fourth-order valence-corrected chi connectivity index (χ4v) is 4.66. The number of anilines is 2.